The van der Waals surface area contributed by atoms with Crippen molar-refractivity contribution in [1.82, 2.24) is 24.7 Å². The van der Waals surface area contributed by atoms with Crippen molar-refractivity contribution in [3.8, 4) is 11.4 Å². The number of hydrogen-bond donors (Lipinski definition) is 1. The maximum absolute atomic E-state index is 4.69. The van der Waals surface area contributed by atoms with Gasteiger partial charge in [-0.25, -0.2) is 0 Å². The third kappa shape index (κ3) is 3.67. The second-order valence-corrected chi connectivity index (χ2v) is 7.99. The van der Waals surface area contributed by atoms with Crippen molar-refractivity contribution in [2.45, 2.75) is 20.3 Å². The van der Waals surface area contributed by atoms with Crippen LogP contribution in [0.4, 0.5) is 5.82 Å². The first-order valence-corrected chi connectivity index (χ1v) is 9.84. The van der Waals surface area contributed by atoms with Gasteiger partial charge in [-0.2, -0.15) is 15.9 Å². The molecule has 1 aliphatic rings. The summed E-state index contributed by atoms with van der Waals surface area (Å²) < 4.78 is 1.82. The van der Waals surface area contributed by atoms with Crippen LogP contribution in [0.2, 0.25) is 0 Å². The Kier molecular flexibility index (Phi) is 4.67. The fourth-order valence-electron chi connectivity index (χ4n) is 3.47. The first kappa shape index (κ1) is 16.5. The van der Waals surface area contributed by atoms with Crippen LogP contribution in [-0.4, -0.2) is 50.9 Å². The van der Waals surface area contributed by atoms with Gasteiger partial charge in [-0.05, 0) is 48.4 Å². The zero-order valence-corrected chi connectivity index (χ0v) is 15.5. The lowest BCUT2D eigenvalue weighted by Gasteiger charge is -2.18. The highest BCUT2D eigenvalue weighted by atomic mass is 32.1. The highest BCUT2D eigenvalue weighted by Gasteiger charge is 2.22. The predicted octanol–water partition coefficient (Wildman–Crippen LogP) is 3.24. The molecular weight excluding hydrogens is 332 g/mol. The minimum atomic E-state index is 0.688. The van der Waals surface area contributed by atoms with E-state index in [0.717, 1.165) is 35.3 Å². The molecule has 3 aromatic heterocycles. The molecule has 0 bridgehead atoms. The summed E-state index contributed by atoms with van der Waals surface area (Å²) in [6.07, 6.45) is 1.26. The van der Waals surface area contributed by atoms with Crippen molar-refractivity contribution in [2.75, 3.05) is 31.5 Å². The number of thiophene rings is 1. The van der Waals surface area contributed by atoms with Gasteiger partial charge in [-0.15, -0.1) is 15.3 Å². The number of fused-ring (bicyclic) bond motifs is 1. The Morgan fingerprint density at radius 3 is 3.00 bits per heavy atom. The number of hydrogen-bond acceptors (Lipinski definition) is 6. The van der Waals surface area contributed by atoms with Gasteiger partial charge >= 0.3 is 0 Å². The zero-order chi connectivity index (χ0) is 17.2. The molecule has 25 heavy (non-hydrogen) atoms. The minimum Gasteiger partial charge on any atom is -0.368 e. The summed E-state index contributed by atoms with van der Waals surface area (Å²) in [6.45, 7) is 9.13. The van der Waals surface area contributed by atoms with E-state index < -0.39 is 0 Å². The smallest absolute Gasteiger partial charge is 0.186 e. The molecule has 132 valence electrons. The van der Waals surface area contributed by atoms with Crippen LogP contribution < -0.4 is 5.32 Å². The van der Waals surface area contributed by atoms with Gasteiger partial charge in [0, 0.05) is 30.6 Å². The molecule has 1 saturated heterocycles. The molecular formula is C18H24N6S. The number of nitrogens with one attached hydrogen (secondary N) is 1. The van der Waals surface area contributed by atoms with Crippen LogP contribution in [0.3, 0.4) is 0 Å². The Bertz CT molecular complexity index is 825. The lowest BCUT2D eigenvalue weighted by atomic mass is 10.1. The Labute approximate surface area is 151 Å². The lowest BCUT2D eigenvalue weighted by molar-refractivity contribution is 0.289. The molecule has 1 atom stereocenters. The summed E-state index contributed by atoms with van der Waals surface area (Å²) in [4.78, 5) is 2.57. The van der Waals surface area contributed by atoms with E-state index in [0.29, 0.717) is 5.92 Å². The van der Waals surface area contributed by atoms with E-state index in [9.17, 15) is 0 Å². The third-order valence-electron chi connectivity index (χ3n) is 4.61. The number of nitrogens with zero attached hydrogens (tertiary/aromatic N) is 5. The standard InChI is InChI=1S/C18H24N6S/c1-13(2)10-23-7-5-14(11-23)9-19-16-3-4-17-20-21-18(24(17)22-16)15-6-8-25-12-15/h3-4,6,8,12-14H,5,7,9-11H2,1-2H3,(H,19,22). The van der Waals surface area contributed by atoms with Gasteiger partial charge in [0.1, 0.15) is 5.82 Å². The Morgan fingerprint density at radius 2 is 2.20 bits per heavy atom. The Hall–Kier alpha value is -1.99. The average molecular weight is 356 g/mol. The van der Waals surface area contributed by atoms with Crippen LogP contribution in [0, 0.1) is 11.8 Å². The van der Waals surface area contributed by atoms with Crippen LogP contribution >= 0.6 is 11.3 Å². The van der Waals surface area contributed by atoms with Gasteiger partial charge in [0.2, 0.25) is 0 Å². The molecule has 6 nitrogen and oxygen atoms in total. The van der Waals surface area contributed by atoms with Crippen LogP contribution in [-0.2, 0) is 0 Å². The fraction of sp³-hybridized carbons (Fsp3) is 0.500. The summed E-state index contributed by atoms with van der Waals surface area (Å²) in [5.41, 5.74) is 1.83. The van der Waals surface area contributed by atoms with Gasteiger partial charge < -0.3 is 10.2 Å². The van der Waals surface area contributed by atoms with Crippen molar-refractivity contribution in [1.29, 1.82) is 0 Å². The molecule has 0 radical (unpaired) electrons. The van der Waals surface area contributed by atoms with E-state index in [2.05, 4.69) is 39.6 Å². The molecule has 1 unspecified atom stereocenters. The summed E-state index contributed by atoms with van der Waals surface area (Å²) in [5, 5.41) is 20.8. The van der Waals surface area contributed by atoms with E-state index in [1.807, 2.05) is 28.1 Å². The molecule has 4 rings (SSSR count). The molecule has 3 aromatic rings. The molecule has 1 N–H and O–H groups in total. The summed E-state index contributed by atoms with van der Waals surface area (Å²) >= 11 is 1.65. The summed E-state index contributed by atoms with van der Waals surface area (Å²) in [5.74, 6) is 3.10. The maximum Gasteiger partial charge on any atom is 0.186 e. The van der Waals surface area contributed by atoms with E-state index in [4.69, 9.17) is 5.10 Å². The van der Waals surface area contributed by atoms with Crippen LogP contribution in [0.25, 0.3) is 17.0 Å². The summed E-state index contributed by atoms with van der Waals surface area (Å²) in [7, 11) is 0. The summed E-state index contributed by atoms with van der Waals surface area (Å²) in [6, 6.07) is 6.00. The normalized spacial score (nSPS) is 18.4. The number of likely N-dealkylation sites (tertiary alicyclic amines) is 1. The lowest BCUT2D eigenvalue weighted by Crippen LogP contribution is -2.26. The number of rotatable bonds is 6. The van der Waals surface area contributed by atoms with Gasteiger partial charge in [0.15, 0.2) is 11.5 Å². The van der Waals surface area contributed by atoms with Gasteiger partial charge in [-0.3, -0.25) is 0 Å². The molecule has 0 amide bonds. The molecule has 4 heterocycles. The molecule has 0 aromatic carbocycles. The second kappa shape index (κ2) is 7.09. The number of anilines is 1. The number of aromatic nitrogens is 4. The molecule has 0 spiro atoms. The third-order valence-corrected chi connectivity index (χ3v) is 5.29. The zero-order valence-electron chi connectivity index (χ0n) is 14.7. The monoisotopic (exact) mass is 356 g/mol. The molecule has 7 heteroatoms. The van der Waals surface area contributed by atoms with E-state index in [1.54, 1.807) is 11.3 Å². The highest BCUT2D eigenvalue weighted by molar-refractivity contribution is 7.08. The Morgan fingerprint density at radius 1 is 1.28 bits per heavy atom. The van der Waals surface area contributed by atoms with Crippen molar-refractivity contribution in [3.63, 3.8) is 0 Å². The first-order chi connectivity index (χ1) is 12.2. The second-order valence-electron chi connectivity index (χ2n) is 7.21. The molecule has 1 aliphatic heterocycles. The van der Waals surface area contributed by atoms with Gasteiger partial charge in [0.05, 0.1) is 0 Å². The minimum absolute atomic E-state index is 0.688. The highest BCUT2D eigenvalue weighted by Crippen LogP contribution is 2.21. The fourth-order valence-corrected chi connectivity index (χ4v) is 4.10. The molecule has 0 saturated carbocycles. The van der Waals surface area contributed by atoms with Gasteiger partial charge in [-0.1, -0.05) is 13.8 Å². The SMILES string of the molecule is CC(C)CN1CCC(CNc2ccc3nnc(-c4ccsc4)n3n2)C1. The maximum atomic E-state index is 4.69. The van der Waals surface area contributed by atoms with Crippen molar-refractivity contribution < 1.29 is 0 Å². The molecule has 0 aliphatic carbocycles. The quantitative estimate of drug-likeness (QED) is 0.735. The Balaban J connectivity index is 1.43. The van der Waals surface area contributed by atoms with E-state index >= 15 is 0 Å². The largest absolute Gasteiger partial charge is 0.368 e. The van der Waals surface area contributed by atoms with Crippen LogP contribution in [0.1, 0.15) is 20.3 Å². The van der Waals surface area contributed by atoms with Gasteiger partial charge in [0.25, 0.3) is 0 Å². The van der Waals surface area contributed by atoms with Crippen LogP contribution in [0.5, 0.6) is 0 Å². The topological polar surface area (TPSA) is 58.3 Å². The van der Waals surface area contributed by atoms with E-state index in [1.165, 1.54) is 26.1 Å². The van der Waals surface area contributed by atoms with Crippen molar-refractivity contribution in [2.24, 2.45) is 11.8 Å². The predicted molar refractivity (Wildman–Crippen MR) is 102 cm³/mol. The average Bonchev–Trinajstić information content (AvgIpc) is 3.32. The molecule has 1 fully saturated rings. The van der Waals surface area contributed by atoms with Crippen LogP contribution in [0.15, 0.2) is 29.0 Å². The van der Waals surface area contributed by atoms with Crippen molar-refractivity contribution >= 4 is 22.8 Å². The first-order valence-electron chi connectivity index (χ1n) is 8.90. The van der Waals surface area contributed by atoms with Crippen molar-refractivity contribution in [3.05, 3.63) is 29.0 Å². The van der Waals surface area contributed by atoms with E-state index in [-0.39, 0.29) is 0 Å².